The van der Waals surface area contributed by atoms with E-state index in [0.717, 1.165) is 10.9 Å². The number of aliphatic hydroxyl groups excluding tert-OH is 1. The van der Waals surface area contributed by atoms with E-state index in [1.807, 2.05) is 0 Å². The SMILES string of the molecule is Cc1ccc(-c2nn(-c3ccc([N+](=O)[O-])cc3)[n+](-c3ccc([N+](=O)[O-])cc3CO)n2)c(S(=O)(=O)O)c1. The number of nitro benzene ring substituents is 2. The van der Waals surface area contributed by atoms with E-state index in [9.17, 15) is 38.3 Å². The number of rotatable bonds is 7. The molecule has 4 rings (SSSR count). The molecule has 0 radical (unpaired) electrons. The number of non-ortho nitro benzene ring substituents is 2. The van der Waals surface area contributed by atoms with Gasteiger partial charge in [0.1, 0.15) is 10.6 Å². The van der Waals surface area contributed by atoms with E-state index in [4.69, 9.17) is 0 Å². The lowest BCUT2D eigenvalue weighted by atomic mass is 10.1. The van der Waals surface area contributed by atoms with Gasteiger partial charge in [0.25, 0.3) is 21.5 Å². The van der Waals surface area contributed by atoms with E-state index in [0.29, 0.717) is 5.56 Å². The number of hydrogen-bond acceptors (Lipinski definition) is 9. The molecule has 1 aromatic heterocycles. The van der Waals surface area contributed by atoms with E-state index in [2.05, 4.69) is 10.2 Å². The van der Waals surface area contributed by atoms with Gasteiger partial charge in [0.05, 0.1) is 27.1 Å². The maximum atomic E-state index is 12.0. The highest BCUT2D eigenvalue weighted by Gasteiger charge is 2.30. The largest absolute Gasteiger partial charge is 0.392 e. The molecule has 1 heterocycles. The molecule has 3 aromatic carbocycles. The molecule has 0 fully saturated rings. The second kappa shape index (κ2) is 9.21. The molecular formula is C21H17N6O8S+. The number of aromatic nitrogens is 4. The number of aryl methyl sites for hydroxylation is 1. The van der Waals surface area contributed by atoms with Gasteiger partial charge < -0.3 is 5.11 Å². The van der Waals surface area contributed by atoms with E-state index in [-0.39, 0.29) is 39.7 Å². The third-order valence-corrected chi connectivity index (χ3v) is 6.06. The zero-order valence-electron chi connectivity index (χ0n) is 18.4. The van der Waals surface area contributed by atoms with Gasteiger partial charge in [-0.2, -0.15) is 8.42 Å². The first kappa shape index (κ1) is 24.5. The quantitative estimate of drug-likeness (QED) is 0.160. The maximum absolute atomic E-state index is 12.0. The van der Waals surface area contributed by atoms with Crippen LogP contribution < -0.4 is 4.80 Å². The van der Waals surface area contributed by atoms with Crippen LogP contribution in [-0.4, -0.2) is 42.9 Å². The van der Waals surface area contributed by atoms with Crippen molar-refractivity contribution in [3.8, 4) is 22.8 Å². The molecule has 184 valence electrons. The highest BCUT2D eigenvalue weighted by Crippen LogP contribution is 2.26. The number of nitrogens with zero attached hydrogens (tertiary/aromatic N) is 6. The number of nitro groups is 2. The number of tetrazole rings is 1. The van der Waals surface area contributed by atoms with Crippen LogP contribution in [0.25, 0.3) is 22.8 Å². The van der Waals surface area contributed by atoms with Crippen molar-refractivity contribution in [2.24, 2.45) is 0 Å². The van der Waals surface area contributed by atoms with Crippen molar-refractivity contribution in [1.82, 2.24) is 15.0 Å². The van der Waals surface area contributed by atoms with Gasteiger partial charge in [-0.15, -0.1) is 0 Å². The van der Waals surface area contributed by atoms with Gasteiger partial charge >= 0.3 is 5.82 Å². The Bertz CT molecular complexity index is 1620. The molecule has 36 heavy (non-hydrogen) atoms. The molecule has 0 aliphatic heterocycles. The fraction of sp³-hybridized carbons (Fsp3) is 0.0952. The molecule has 0 aliphatic rings. The Kier molecular flexibility index (Phi) is 6.28. The van der Waals surface area contributed by atoms with Gasteiger partial charge in [-0.25, -0.2) is 0 Å². The van der Waals surface area contributed by atoms with Gasteiger partial charge in [0.15, 0.2) is 5.69 Å². The maximum Gasteiger partial charge on any atom is 0.341 e. The standard InChI is InChI=1S/C21H16N6O8S/c1-13-2-8-18(20(10-13)36(33,34)35)21-22-24(15-3-5-16(6-4-15)26(29)30)25(23-21)19-9-7-17(27(31)32)11-14(19)12-28/h2-11,28H,12H2,1H3/p+1. The summed E-state index contributed by atoms with van der Waals surface area (Å²) in [6, 6.07) is 13.1. The van der Waals surface area contributed by atoms with Crippen LogP contribution >= 0.6 is 0 Å². The predicted octanol–water partition coefficient (Wildman–Crippen LogP) is 2.07. The molecule has 15 heteroatoms. The summed E-state index contributed by atoms with van der Waals surface area (Å²) in [7, 11) is -4.67. The third-order valence-electron chi connectivity index (χ3n) is 5.17. The second-order valence-electron chi connectivity index (χ2n) is 7.58. The van der Waals surface area contributed by atoms with Crippen molar-refractivity contribution in [2.75, 3.05) is 0 Å². The molecule has 2 N–H and O–H groups in total. The average Bonchev–Trinajstić information content (AvgIpc) is 3.28. The summed E-state index contributed by atoms with van der Waals surface area (Å²) < 4.78 is 33.8. The van der Waals surface area contributed by atoms with Crippen LogP contribution in [0.5, 0.6) is 0 Å². The second-order valence-corrected chi connectivity index (χ2v) is 8.97. The summed E-state index contributed by atoms with van der Waals surface area (Å²) in [6.45, 7) is 1.03. The molecule has 0 atom stereocenters. The summed E-state index contributed by atoms with van der Waals surface area (Å²) in [5.41, 5.74) is 0.580. The van der Waals surface area contributed by atoms with Crippen molar-refractivity contribution in [3.05, 3.63) is 92.0 Å². The van der Waals surface area contributed by atoms with Crippen LogP contribution in [0, 0.1) is 27.2 Å². The Morgan fingerprint density at radius 3 is 2.19 bits per heavy atom. The Morgan fingerprint density at radius 2 is 1.61 bits per heavy atom. The van der Waals surface area contributed by atoms with Gasteiger partial charge in [0.2, 0.25) is 0 Å². The highest BCUT2D eigenvalue weighted by molar-refractivity contribution is 7.86. The zero-order valence-corrected chi connectivity index (χ0v) is 19.2. The molecule has 0 spiro atoms. The number of benzene rings is 3. The number of aliphatic hydroxyl groups is 1. The van der Waals surface area contributed by atoms with Crippen molar-refractivity contribution >= 4 is 21.5 Å². The van der Waals surface area contributed by atoms with Crippen LogP contribution in [0.2, 0.25) is 0 Å². The highest BCUT2D eigenvalue weighted by atomic mass is 32.2. The van der Waals surface area contributed by atoms with Crippen molar-refractivity contribution < 1.29 is 32.7 Å². The monoisotopic (exact) mass is 513 g/mol. The molecule has 0 bridgehead atoms. The molecule has 4 aromatic rings. The summed E-state index contributed by atoms with van der Waals surface area (Å²) in [6.07, 6.45) is 0. The molecule has 0 saturated heterocycles. The van der Waals surface area contributed by atoms with Crippen molar-refractivity contribution in [2.45, 2.75) is 18.4 Å². The van der Waals surface area contributed by atoms with Crippen molar-refractivity contribution in [1.29, 1.82) is 0 Å². The fourth-order valence-electron chi connectivity index (χ4n) is 3.46. The first-order valence-corrected chi connectivity index (χ1v) is 11.5. The van der Waals surface area contributed by atoms with E-state index in [1.54, 1.807) is 13.0 Å². The molecule has 0 unspecified atom stereocenters. The lowest BCUT2D eigenvalue weighted by Crippen LogP contribution is -2.44. The minimum absolute atomic E-state index is 0.0371. The van der Waals surface area contributed by atoms with Crippen LogP contribution in [0.1, 0.15) is 11.1 Å². The average molecular weight is 513 g/mol. The molecule has 0 amide bonds. The lowest BCUT2D eigenvalue weighted by molar-refractivity contribution is -0.735. The van der Waals surface area contributed by atoms with Gasteiger partial charge in [-0.05, 0) is 52.7 Å². The van der Waals surface area contributed by atoms with E-state index >= 15 is 0 Å². The molecule has 0 saturated carbocycles. The van der Waals surface area contributed by atoms with Crippen LogP contribution in [0.3, 0.4) is 0 Å². The smallest absolute Gasteiger partial charge is 0.341 e. The van der Waals surface area contributed by atoms with Crippen LogP contribution in [0.4, 0.5) is 11.4 Å². The Labute approximate surface area is 202 Å². The molecule has 0 aliphatic carbocycles. The minimum Gasteiger partial charge on any atom is -0.392 e. The van der Waals surface area contributed by atoms with Crippen LogP contribution in [0.15, 0.2) is 65.6 Å². The molecule has 14 nitrogen and oxygen atoms in total. The summed E-state index contributed by atoms with van der Waals surface area (Å²) >= 11 is 0. The van der Waals surface area contributed by atoms with E-state index in [1.165, 1.54) is 53.3 Å². The topological polar surface area (TPSA) is 195 Å². The lowest BCUT2D eigenvalue weighted by Gasteiger charge is -2.04. The van der Waals surface area contributed by atoms with E-state index < -0.39 is 31.5 Å². The fourth-order valence-corrected chi connectivity index (χ4v) is 4.23. The summed E-state index contributed by atoms with van der Waals surface area (Å²) in [5.74, 6) is -0.150. The Hall–Kier alpha value is -4.60. The number of hydrogen-bond donors (Lipinski definition) is 2. The first-order chi connectivity index (χ1) is 17.0. The molecular weight excluding hydrogens is 496 g/mol. The third kappa shape index (κ3) is 4.65. The van der Waals surface area contributed by atoms with Gasteiger partial charge in [0, 0.05) is 34.6 Å². The minimum atomic E-state index is -4.67. The summed E-state index contributed by atoms with van der Waals surface area (Å²) in [4.78, 5) is 22.9. The van der Waals surface area contributed by atoms with Crippen molar-refractivity contribution in [3.63, 3.8) is 0 Å². The Balaban J connectivity index is 2.00. The zero-order chi connectivity index (χ0) is 26.2. The Morgan fingerprint density at radius 1 is 0.972 bits per heavy atom. The normalized spacial score (nSPS) is 11.4. The van der Waals surface area contributed by atoms with Crippen LogP contribution in [-0.2, 0) is 16.7 Å². The van der Waals surface area contributed by atoms with Gasteiger partial charge in [-0.1, -0.05) is 6.07 Å². The van der Waals surface area contributed by atoms with Gasteiger partial charge in [-0.3, -0.25) is 24.8 Å². The predicted molar refractivity (Wildman–Crippen MR) is 122 cm³/mol. The summed E-state index contributed by atoms with van der Waals surface area (Å²) in [5, 5.41) is 40.8. The first-order valence-electron chi connectivity index (χ1n) is 10.1.